The Morgan fingerprint density at radius 1 is 0.967 bits per heavy atom. The van der Waals surface area contributed by atoms with Gasteiger partial charge in [0.05, 0.1) is 27.4 Å². The van der Waals surface area contributed by atoms with Crippen molar-refractivity contribution >= 4 is 34.5 Å². The summed E-state index contributed by atoms with van der Waals surface area (Å²) in [6, 6.07) is -0.438. The highest BCUT2D eigenvalue weighted by Gasteiger charge is 2.24. The van der Waals surface area contributed by atoms with Crippen molar-refractivity contribution in [3.63, 3.8) is 0 Å². The molecule has 0 saturated carbocycles. The molecule has 0 aliphatic heterocycles. The lowest BCUT2D eigenvalue weighted by Crippen LogP contribution is -2.28. The van der Waals surface area contributed by atoms with Gasteiger partial charge in [-0.15, -0.1) is 22.7 Å². The summed E-state index contributed by atoms with van der Waals surface area (Å²) in [5.74, 6) is -0.724. The maximum Gasteiger partial charge on any atom is 0.263 e. The van der Waals surface area contributed by atoms with Crippen LogP contribution in [0.25, 0.3) is 0 Å². The molecule has 0 radical (unpaired) electrons. The number of unbranched alkanes of at least 4 members (excludes halogenated alkanes) is 3. The lowest BCUT2D eigenvalue weighted by atomic mass is 10.1. The lowest BCUT2D eigenvalue weighted by molar-refractivity contribution is 0.0937. The summed E-state index contributed by atoms with van der Waals surface area (Å²) in [4.78, 5) is 35.0. The van der Waals surface area contributed by atoms with Crippen LogP contribution < -0.4 is 22.5 Å². The Bertz CT molecular complexity index is 848. The fourth-order valence-electron chi connectivity index (χ4n) is 3.14. The Labute approximate surface area is 185 Å². The topological polar surface area (TPSA) is 150 Å². The van der Waals surface area contributed by atoms with E-state index in [1.165, 1.54) is 22.7 Å². The van der Waals surface area contributed by atoms with Gasteiger partial charge in [-0.3, -0.25) is 9.59 Å². The van der Waals surface area contributed by atoms with Crippen molar-refractivity contribution in [3.8, 4) is 0 Å². The van der Waals surface area contributed by atoms with Crippen LogP contribution in [0, 0.1) is 6.92 Å². The summed E-state index contributed by atoms with van der Waals surface area (Å²) >= 11 is 2.68. The normalized spacial score (nSPS) is 12.1. The Morgan fingerprint density at radius 2 is 1.63 bits per heavy atom. The van der Waals surface area contributed by atoms with E-state index in [4.69, 9.17) is 17.2 Å². The van der Waals surface area contributed by atoms with E-state index in [1.807, 2.05) is 13.8 Å². The van der Waals surface area contributed by atoms with E-state index in [9.17, 15) is 9.59 Å². The molecule has 1 atom stereocenters. The van der Waals surface area contributed by atoms with Crippen molar-refractivity contribution < 1.29 is 9.59 Å². The molecule has 2 aromatic rings. The molecule has 2 rings (SSSR count). The van der Waals surface area contributed by atoms with E-state index in [0.717, 1.165) is 60.7 Å². The second-order valence-electron chi connectivity index (χ2n) is 7.24. The predicted octanol–water partition coefficient (Wildman–Crippen LogP) is 2.45. The fourth-order valence-corrected chi connectivity index (χ4v) is 5.06. The number of carbonyl (C=O) groups excluding carboxylic acids is 2. The maximum atomic E-state index is 12.9. The second kappa shape index (κ2) is 12.1. The van der Waals surface area contributed by atoms with Crippen LogP contribution in [0.4, 0.5) is 0 Å². The van der Waals surface area contributed by atoms with Gasteiger partial charge in [0.1, 0.15) is 9.75 Å². The van der Waals surface area contributed by atoms with Crippen LogP contribution in [-0.2, 0) is 12.8 Å². The molecule has 0 spiro atoms. The molecule has 2 heterocycles. The first kappa shape index (κ1) is 24.4. The zero-order chi connectivity index (χ0) is 22.1. The number of rotatable bonds is 13. The van der Waals surface area contributed by atoms with E-state index < -0.39 is 11.9 Å². The van der Waals surface area contributed by atoms with E-state index >= 15 is 0 Å². The van der Waals surface area contributed by atoms with Crippen LogP contribution in [-0.4, -0.2) is 34.9 Å². The molecule has 0 aliphatic carbocycles. The van der Waals surface area contributed by atoms with Crippen LogP contribution >= 0.6 is 22.7 Å². The van der Waals surface area contributed by atoms with Crippen LogP contribution in [0.5, 0.6) is 0 Å². The molecule has 166 valence electrons. The molecular formula is C20H32N6O2S2. The molecule has 7 N–H and O–H groups in total. The maximum absolute atomic E-state index is 12.9. The number of hydrogen-bond donors (Lipinski definition) is 4. The van der Waals surface area contributed by atoms with Crippen molar-refractivity contribution in [2.75, 3.05) is 13.1 Å². The van der Waals surface area contributed by atoms with Gasteiger partial charge >= 0.3 is 0 Å². The number of nitrogens with one attached hydrogen (secondary N) is 1. The van der Waals surface area contributed by atoms with Gasteiger partial charge in [0.25, 0.3) is 11.8 Å². The van der Waals surface area contributed by atoms with Crippen LogP contribution in [0.1, 0.15) is 85.8 Å². The molecule has 0 fully saturated rings. The third-order valence-corrected chi connectivity index (χ3v) is 6.81. The molecule has 0 aromatic carbocycles. The first-order chi connectivity index (χ1) is 14.4. The lowest BCUT2D eigenvalue weighted by Gasteiger charge is -2.13. The smallest absolute Gasteiger partial charge is 0.263 e. The zero-order valence-electron chi connectivity index (χ0n) is 17.7. The molecule has 2 amide bonds. The Morgan fingerprint density at radius 3 is 2.30 bits per heavy atom. The van der Waals surface area contributed by atoms with Crippen LogP contribution in [0.15, 0.2) is 0 Å². The minimum atomic E-state index is -0.525. The number of nitrogens with two attached hydrogens (primary N) is 3. The first-order valence-electron chi connectivity index (χ1n) is 10.3. The number of hydrogen-bond acceptors (Lipinski definition) is 8. The standard InChI is InChI=1S/C20H32N6O2S2/c1-12(16-18(19(23)27)30-15(26-16)9-5-7-11-22)24-20(28)17-14(25-13(2)29-17)8-4-3-6-10-21/h12H,3-11,21-22H2,1-2H3,(H2,23,27)(H,24,28)/t12-/m0/s1. The SMILES string of the molecule is Cc1nc(CCCCCN)c(C(=O)N[C@@H](C)c2nc(CCCCN)sc2C(N)=O)s1. The average molecular weight is 453 g/mol. The number of thiazole rings is 2. The molecule has 10 heteroatoms. The Hall–Kier alpha value is -1.88. The van der Waals surface area contributed by atoms with E-state index in [-0.39, 0.29) is 5.91 Å². The van der Waals surface area contributed by atoms with Crippen molar-refractivity contribution in [3.05, 3.63) is 31.2 Å². The molecule has 0 bridgehead atoms. The summed E-state index contributed by atoms with van der Waals surface area (Å²) in [6.45, 7) is 5.01. The quantitative estimate of drug-likeness (QED) is 0.343. The second-order valence-corrected chi connectivity index (χ2v) is 9.52. The number of nitrogens with zero attached hydrogens (tertiary/aromatic N) is 2. The largest absolute Gasteiger partial charge is 0.365 e. The van der Waals surface area contributed by atoms with Crippen molar-refractivity contribution in [2.24, 2.45) is 17.2 Å². The fraction of sp³-hybridized carbons (Fsp3) is 0.600. The third-order valence-electron chi connectivity index (χ3n) is 4.65. The average Bonchev–Trinajstić information content (AvgIpc) is 3.29. The number of carbonyl (C=O) groups is 2. The Kier molecular flexibility index (Phi) is 9.83. The van der Waals surface area contributed by atoms with Gasteiger partial charge in [0.2, 0.25) is 0 Å². The van der Waals surface area contributed by atoms with Gasteiger partial charge in [0, 0.05) is 0 Å². The molecule has 2 aromatic heterocycles. The van der Waals surface area contributed by atoms with E-state index in [1.54, 1.807) is 0 Å². The van der Waals surface area contributed by atoms with Crippen molar-refractivity contribution in [2.45, 2.75) is 64.8 Å². The summed E-state index contributed by atoms with van der Waals surface area (Å²) < 4.78 is 0. The van der Waals surface area contributed by atoms with Gasteiger partial charge in [-0.2, -0.15) is 0 Å². The Balaban J connectivity index is 2.11. The minimum Gasteiger partial charge on any atom is -0.365 e. The van der Waals surface area contributed by atoms with Crippen LogP contribution in [0.2, 0.25) is 0 Å². The highest BCUT2D eigenvalue weighted by Crippen LogP contribution is 2.26. The zero-order valence-corrected chi connectivity index (χ0v) is 19.3. The molecule has 8 nitrogen and oxygen atoms in total. The summed E-state index contributed by atoms with van der Waals surface area (Å²) in [5, 5.41) is 4.66. The van der Waals surface area contributed by atoms with Gasteiger partial charge in [-0.05, 0) is 65.5 Å². The van der Waals surface area contributed by atoms with Gasteiger partial charge < -0.3 is 22.5 Å². The van der Waals surface area contributed by atoms with Crippen molar-refractivity contribution in [1.82, 2.24) is 15.3 Å². The van der Waals surface area contributed by atoms with E-state index in [2.05, 4.69) is 15.3 Å². The molecule has 0 unspecified atom stereocenters. The highest BCUT2D eigenvalue weighted by molar-refractivity contribution is 7.14. The molecule has 0 aliphatic rings. The number of aromatic nitrogens is 2. The van der Waals surface area contributed by atoms with Crippen molar-refractivity contribution in [1.29, 1.82) is 0 Å². The minimum absolute atomic E-state index is 0.199. The number of primary amides is 1. The van der Waals surface area contributed by atoms with Crippen LogP contribution in [0.3, 0.4) is 0 Å². The first-order valence-corrected chi connectivity index (χ1v) is 12.0. The molecule has 30 heavy (non-hydrogen) atoms. The predicted molar refractivity (Wildman–Crippen MR) is 122 cm³/mol. The third kappa shape index (κ3) is 6.83. The molecule has 0 saturated heterocycles. The monoisotopic (exact) mass is 452 g/mol. The summed E-state index contributed by atoms with van der Waals surface area (Å²) in [7, 11) is 0. The summed E-state index contributed by atoms with van der Waals surface area (Å²) in [5.41, 5.74) is 18.0. The van der Waals surface area contributed by atoms with Gasteiger partial charge in [0.15, 0.2) is 0 Å². The summed E-state index contributed by atoms with van der Waals surface area (Å²) in [6.07, 6.45) is 6.20. The highest BCUT2D eigenvalue weighted by atomic mass is 32.1. The van der Waals surface area contributed by atoms with Gasteiger partial charge in [-0.25, -0.2) is 9.97 Å². The van der Waals surface area contributed by atoms with E-state index in [0.29, 0.717) is 28.5 Å². The number of amides is 2. The number of aryl methyl sites for hydroxylation is 3. The molecular weight excluding hydrogens is 420 g/mol. The van der Waals surface area contributed by atoms with Gasteiger partial charge in [-0.1, -0.05) is 6.42 Å².